The van der Waals surface area contributed by atoms with E-state index < -0.39 is 17.7 Å². The van der Waals surface area contributed by atoms with E-state index in [2.05, 4.69) is 5.92 Å². The number of hydrogen-bond acceptors (Lipinski definition) is 4. The van der Waals surface area contributed by atoms with E-state index in [1.54, 1.807) is 46.9 Å². The predicted octanol–water partition coefficient (Wildman–Crippen LogP) is 3.13. The van der Waals surface area contributed by atoms with Crippen LogP contribution >= 0.6 is 0 Å². The number of nitrogens with zero attached hydrogens (tertiary/aromatic N) is 1. The Morgan fingerprint density at radius 2 is 1.86 bits per heavy atom. The van der Waals surface area contributed by atoms with Gasteiger partial charge in [0.15, 0.2) is 0 Å². The molecule has 1 amide bonds. The average molecular weight is 303 g/mol. The van der Waals surface area contributed by atoms with Crippen LogP contribution in [0.2, 0.25) is 0 Å². The maximum absolute atomic E-state index is 12.1. The Kier molecular flexibility index (Phi) is 5.21. The van der Waals surface area contributed by atoms with Gasteiger partial charge in [-0.15, -0.1) is 6.42 Å². The average Bonchev–Trinajstić information content (AvgIpc) is 2.44. The summed E-state index contributed by atoms with van der Waals surface area (Å²) in [6.45, 7) is 7.07. The molecule has 1 rings (SSSR count). The lowest BCUT2D eigenvalue weighted by molar-refractivity contribution is 0.0579. The lowest BCUT2D eigenvalue weighted by Crippen LogP contribution is -2.34. The van der Waals surface area contributed by atoms with Gasteiger partial charge in [-0.3, -0.25) is 4.90 Å². The first-order valence-electron chi connectivity index (χ1n) is 6.77. The van der Waals surface area contributed by atoms with Gasteiger partial charge in [0.05, 0.1) is 12.7 Å². The number of hydrogen-bond donors (Lipinski definition) is 0. The van der Waals surface area contributed by atoms with Crippen LogP contribution in [0.1, 0.15) is 42.3 Å². The molecule has 0 saturated heterocycles. The number of ether oxygens (including phenoxy) is 2. The SMILES string of the molecule is C#Cc1cc(N(C)C(=O)OC(C)(C)C)cc(C(=O)OC)c1C. The van der Waals surface area contributed by atoms with Gasteiger partial charge in [-0.2, -0.15) is 0 Å². The Balaban J connectivity index is 3.28. The Morgan fingerprint density at radius 3 is 2.32 bits per heavy atom. The van der Waals surface area contributed by atoms with Crippen LogP contribution in [0.25, 0.3) is 0 Å². The maximum atomic E-state index is 12.1. The summed E-state index contributed by atoms with van der Waals surface area (Å²) < 4.78 is 10.1. The van der Waals surface area contributed by atoms with Crippen molar-refractivity contribution in [2.75, 3.05) is 19.1 Å². The van der Waals surface area contributed by atoms with Crippen molar-refractivity contribution in [3.8, 4) is 12.3 Å². The number of terminal acetylenes is 1. The van der Waals surface area contributed by atoms with E-state index in [4.69, 9.17) is 15.9 Å². The quantitative estimate of drug-likeness (QED) is 0.622. The van der Waals surface area contributed by atoms with E-state index in [9.17, 15) is 9.59 Å². The van der Waals surface area contributed by atoms with Crippen LogP contribution in [0.3, 0.4) is 0 Å². The van der Waals surface area contributed by atoms with E-state index >= 15 is 0 Å². The Morgan fingerprint density at radius 1 is 1.27 bits per heavy atom. The fraction of sp³-hybridized carbons (Fsp3) is 0.412. The van der Waals surface area contributed by atoms with E-state index in [0.29, 0.717) is 22.4 Å². The van der Waals surface area contributed by atoms with Crippen LogP contribution in [0.5, 0.6) is 0 Å². The molecule has 0 N–H and O–H groups in total. The first-order valence-corrected chi connectivity index (χ1v) is 6.77. The number of benzene rings is 1. The molecule has 0 fully saturated rings. The van der Waals surface area contributed by atoms with Gasteiger partial charge in [-0.05, 0) is 45.4 Å². The third-order valence-corrected chi connectivity index (χ3v) is 3.01. The van der Waals surface area contributed by atoms with Crippen molar-refractivity contribution < 1.29 is 19.1 Å². The molecule has 0 atom stereocenters. The molecule has 0 aromatic heterocycles. The van der Waals surface area contributed by atoms with E-state index in [1.807, 2.05) is 0 Å². The molecule has 118 valence electrons. The van der Waals surface area contributed by atoms with Crippen LogP contribution < -0.4 is 4.90 Å². The summed E-state index contributed by atoms with van der Waals surface area (Å²) >= 11 is 0. The Hall–Kier alpha value is -2.48. The van der Waals surface area contributed by atoms with Gasteiger partial charge in [0, 0.05) is 18.3 Å². The van der Waals surface area contributed by atoms with Crippen molar-refractivity contribution in [3.63, 3.8) is 0 Å². The second kappa shape index (κ2) is 6.52. The molecule has 0 aliphatic carbocycles. The summed E-state index contributed by atoms with van der Waals surface area (Å²) in [4.78, 5) is 25.3. The number of esters is 1. The summed E-state index contributed by atoms with van der Waals surface area (Å²) in [6.07, 6.45) is 4.94. The molecule has 5 heteroatoms. The molecule has 0 unspecified atom stereocenters. The second-order valence-corrected chi connectivity index (χ2v) is 5.84. The van der Waals surface area contributed by atoms with Crippen LogP contribution in [-0.2, 0) is 9.47 Å². The molecule has 0 aliphatic heterocycles. The smallest absolute Gasteiger partial charge is 0.414 e. The topological polar surface area (TPSA) is 55.8 Å². The molecular weight excluding hydrogens is 282 g/mol. The normalized spacial score (nSPS) is 10.6. The molecular formula is C17H21NO4. The Bertz CT molecular complexity index is 635. The predicted molar refractivity (Wildman–Crippen MR) is 85.1 cm³/mol. The summed E-state index contributed by atoms with van der Waals surface area (Å²) in [5.41, 5.74) is 1.33. The first-order chi connectivity index (χ1) is 10.1. The van der Waals surface area contributed by atoms with Crippen molar-refractivity contribution in [2.24, 2.45) is 0 Å². The van der Waals surface area contributed by atoms with Crippen LogP contribution in [0.15, 0.2) is 12.1 Å². The lowest BCUT2D eigenvalue weighted by Gasteiger charge is -2.25. The molecule has 1 aromatic carbocycles. The van der Waals surface area contributed by atoms with Gasteiger partial charge in [0.1, 0.15) is 5.60 Å². The fourth-order valence-electron chi connectivity index (χ4n) is 1.80. The van der Waals surface area contributed by atoms with Crippen LogP contribution in [-0.4, -0.2) is 31.8 Å². The highest BCUT2D eigenvalue weighted by Crippen LogP contribution is 2.24. The molecule has 1 aromatic rings. The largest absolute Gasteiger partial charge is 0.465 e. The highest BCUT2D eigenvalue weighted by Gasteiger charge is 2.22. The molecule has 0 aliphatic rings. The Labute approximate surface area is 131 Å². The third-order valence-electron chi connectivity index (χ3n) is 3.01. The monoisotopic (exact) mass is 303 g/mol. The molecule has 0 saturated carbocycles. The van der Waals surface area contributed by atoms with Crippen LogP contribution in [0, 0.1) is 19.3 Å². The second-order valence-electron chi connectivity index (χ2n) is 5.84. The molecule has 0 bridgehead atoms. The van der Waals surface area contributed by atoms with Crippen molar-refractivity contribution in [3.05, 3.63) is 28.8 Å². The molecule has 0 radical (unpaired) electrons. The van der Waals surface area contributed by atoms with Gasteiger partial charge >= 0.3 is 12.1 Å². The van der Waals surface area contributed by atoms with E-state index in [0.717, 1.165) is 0 Å². The molecule has 0 spiro atoms. The minimum atomic E-state index is -0.615. The van der Waals surface area contributed by atoms with Gasteiger partial charge in [-0.1, -0.05) is 5.92 Å². The van der Waals surface area contributed by atoms with Crippen molar-refractivity contribution >= 4 is 17.7 Å². The van der Waals surface area contributed by atoms with E-state index in [1.165, 1.54) is 12.0 Å². The zero-order valence-corrected chi connectivity index (χ0v) is 13.8. The summed E-state index contributed by atoms with van der Waals surface area (Å²) in [5.74, 6) is 2.00. The highest BCUT2D eigenvalue weighted by molar-refractivity contribution is 5.95. The lowest BCUT2D eigenvalue weighted by atomic mass is 10.0. The fourth-order valence-corrected chi connectivity index (χ4v) is 1.80. The summed E-state index contributed by atoms with van der Waals surface area (Å²) in [6, 6.07) is 3.22. The van der Waals surface area contributed by atoms with Crippen molar-refractivity contribution in [1.29, 1.82) is 0 Å². The standard InChI is InChI=1S/C17H21NO4/c1-8-12-9-13(10-14(11(12)2)15(19)21-7)18(6)16(20)22-17(3,4)5/h1,9-10H,2-7H3. The third kappa shape index (κ3) is 4.01. The molecule has 0 heterocycles. The summed E-state index contributed by atoms with van der Waals surface area (Å²) in [5, 5.41) is 0. The van der Waals surface area contributed by atoms with E-state index in [-0.39, 0.29) is 0 Å². The minimum absolute atomic E-state index is 0.323. The van der Waals surface area contributed by atoms with Crippen molar-refractivity contribution in [1.82, 2.24) is 0 Å². The van der Waals surface area contributed by atoms with Crippen LogP contribution in [0.4, 0.5) is 10.5 Å². The number of carbonyl (C=O) groups is 2. The van der Waals surface area contributed by atoms with Gasteiger partial charge < -0.3 is 9.47 Å². The molecule has 22 heavy (non-hydrogen) atoms. The number of rotatable bonds is 2. The number of methoxy groups -OCH3 is 1. The van der Waals surface area contributed by atoms with Gasteiger partial charge in [-0.25, -0.2) is 9.59 Å². The molecule has 5 nitrogen and oxygen atoms in total. The minimum Gasteiger partial charge on any atom is -0.465 e. The van der Waals surface area contributed by atoms with Gasteiger partial charge in [0.2, 0.25) is 0 Å². The van der Waals surface area contributed by atoms with Gasteiger partial charge in [0.25, 0.3) is 0 Å². The zero-order valence-electron chi connectivity index (χ0n) is 13.8. The number of amides is 1. The number of anilines is 1. The number of carbonyl (C=O) groups excluding carboxylic acids is 2. The maximum Gasteiger partial charge on any atom is 0.414 e. The summed E-state index contributed by atoms with van der Waals surface area (Å²) in [7, 11) is 2.85. The van der Waals surface area contributed by atoms with Crippen molar-refractivity contribution in [2.45, 2.75) is 33.3 Å². The first kappa shape index (κ1) is 17.6. The highest BCUT2D eigenvalue weighted by atomic mass is 16.6. The zero-order chi connectivity index (χ0) is 17.1.